The second-order valence-electron chi connectivity index (χ2n) is 8.57. The minimum absolute atomic E-state index is 0.288. The number of hydrogen-bond donors (Lipinski definition) is 0. The van der Waals surface area contributed by atoms with E-state index in [1.165, 1.54) is 17.7 Å². The molecule has 2 saturated heterocycles. The van der Waals surface area contributed by atoms with Crippen molar-refractivity contribution in [2.45, 2.75) is 18.3 Å². The Hall–Kier alpha value is -2.17. The fourth-order valence-electron chi connectivity index (χ4n) is 5.11. The summed E-state index contributed by atoms with van der Waals surface area (Å²) in [5.41, 5.74) is 4.16. The largest absolute Gasteiger partial charge is 0.378 e. The normalized spacial score (nSPS) is 26.9. The maximum Gasteiger partial charge on any atom is 0.151 e. The van der Waals surface area contributed by atoms with Crippen molar-refractivity contribution < 1.29 is 9.53 Å². The molecule has 2 aromatic carbocycles. The van der Waals surface area contributed by atoms with Crippen LogP contribution in [0.15, 0.2) is 54.6 Å². The third kappa shape index (κ3) is 3.47. The van der Waals surface area contributed by atoms with Gasteiger partial charge in [-0.2, -0.15) is 0 Å². The van der Waals surface area contributed by atoms with Gasteiger partial charge in [-0.3, -0.25) is 9.69 Å². The van der Waals surface area contributed by atoms with E-state index in [-0.39, 0.29) is 5.41 Å². The molecule has 2 heterocycles. The highest BCUT2D eigenvalue weighted by molar-refractivity contribution is 5.82. The first-order valence-electron chi connectivity index (χ1n) is 10.4. The summed E-state index contributed by atoms with van der Waals surface area (Å²) in [6, 6.07) is 19.3. The van der Waals surface area contributed by atoms with Crippen molar-refractivity contribution in [3.8, 4) is 0 Å². The first kappa shape index (κ1) is 17.9. The molecular weight excluding hydrogens is 348 g/mol. The Labute approximate surface area is 167 Å². The quantitative estimate of drug-likeness (QED) is 0.776. The number of nitrogens with zero attached hydrogens (tertiary/aromatic N) is 2. The Morgan fingerprint density at radius 2 is 1.79 bits per heavy atom. The molecule has 0 amide bonds. The number of likely N-dealkylation sites (tertiary alicyclic amines) is 1. The van der Waals surface area contributed by atoms with Gasteiger partial charge in [0.15, 0.2) is 5.78 Å². The number of Topliss-reactive ketones (excluding diaryl/α,β-unsaturated/α-hetero) is 1. The van der Waals surface area contributed by atoms with Crippen molar-refractivity contribution in [2.24, 2.45) is 5.92 Å². The molecule has 0 spiro atoms. The molecule has 4 heteroatoms. The second-order valence-corrected chi connectivity index (χ2v) is 8.57. The molecule has 2 aliphatic heterocycles. The average Bonchev–Trinajstić information content (AvgIpc) is 3.31. The summed E-state index contributed by atoms with van der Waals surface area (Å²) in [5.74, 6) is 1.04. The van der Waals surface area contributed by atoms with Gasteiger partial charge in [-0.05, 0) is 35.6 Å². The topological polar surface area (TPSA) is 32.8 Å². The number of anilines is 1. The summed E-state index contributed by atoms with van der Waals surface area (Å²) in [6.45, 7) is 6.26. The SMILES string of the molecule is O=C(Cc1ccccc1)CN1CC2CC2(c2ccc(N3CCOCC3)cc2)C1. The van der Waals surface area contributed by atoms with Gasteiger partial charge in [0.25, 0.3) is 0 Å². The molecule has 3 aliphatic rings. The number of benzene rings is 2. The molecule has 3 fully saturated rings. The highest BCUT2D eigenvalue weighted by Gasteiger charge is 2.60. The zero-order valence-corrected chi connectivity index (χ0v) is 16.3. The van der Waals surface area contributed by atoms with Crippen LogP contribution in [0.25, 0.3) is 0 Å². The summed E-state index contributed by atoms with van der Waals surface area (Å²) in [5, 5.41) is 0. The van der Waals surface area contributed by atoms with Crippen LogP contribution in [0.3, 0.4) is 0 Å². The number of hydrogen-bond acceptors (Lipinski definition) is 4. The summed E-state index contributed by atoms with van der Waals surface area (Å²) < 4.78 is 5.46. The van der Waals surface area contributed by atoms with E-state index >= 15 is 0 Å². The molecule has 5 rings (SSSR count). The van der Waals surface area contributed by atoms with E-state index in [2.05, 4.69) is 34.1 Å². The predicted molar refractivity (Wildman–Crippen MR) is 111 cm³/mol. The van der Waals surface area contributed by atoms with Crippen molar-refractivity contribution in [1.29, 1.82) is 0 Å². The summed E-state index contributed by atoms with van der Waals surface area (Å²) >= 11 is 0. The number of morpholine rings is 1. The van der Waals surface area contributed by atoms with E-state index in [0.717, 1.165) is 45.0 Å². The molecule has 28 heavy (non-hydrogen) atoms. The third-order valence-electron chi connectivity index (χ3n) is 6.68. The zero-order chi connectivity index (χ0) is 19.0. The van der Waals surface area contributed by atoms with Crippen molar-refractivity contribution in [2.75, 3.05) is 50.8 Å². The number of ether oxygens (including phenoxy) is 1. The van der Waals surface area contributed by atoms with Crippen LogP contribution in [0.4, 0.5) is 5.69 Å². The molecule has 0 aromatic heterocycles. The maximum atomic E-state index is 12.5. The lowest BCUT2D eigenvalue weighted by atomic mass is 9.94. The first-order chi connectivity index (χ1) is 13.7. The van der Waals surface area contributed by atoms with Crippen LogP contribution < -0.4 is 4.90 Å². The Morgan fingerprint density at radius 1 is 1.04 bits per heavy atom. The van der Waals surface area contributed by atoms with E-state index in [0.29, 0.717) is 24.7 Å². The van der Waals surface area contributed by atoms with Crippen molar-refractivity contribution >= 4 is 11.5 Å². The van der Waals surface area contributed by atoms with Gasteiger partial charge in [0, 0.05) is 43.7 Å². The van der Waals surface area contributed by atoms with Crippen LogP contribution in [-0.2, 0) is 21.4 Å². The smallest absolute Gasteiger partial charge is 0.151 e. The third-order valence-corrected chi connectivity index (χ3v) is 6.68. The van der Waals surface area contributed by atoms with Gasteiger partial charge in [0.05, 0.1) is 19.8 Å². The van der Waals surface area contributed by atoms with Crippen LogP contribution in [0, 0.1) is 5.92 Å². The molecule has 0 N–H and O–H groups in total. The Balaban J connectivity index is 1.20. The molecule has 2 aromatic rings. The van der Waals surface area contributed by atoms with Crippen molar-refractivity contribution in [1.82, 2.24) is 4.90 Å². The van der Waals surface area contributed by atoms with Crippen LogP contribution in [0.2, 0.25) is 0 Å². The van der Waals surface area contributed by atoms with Gasteiger partial charge in [-0.25, -0.2) is 0 Å². The number of piperidine rings is 1. The van der Waals surface area contributed by atoms with E-state index in [4.69, 9.17) is 4.74 Å². The first-order valence-corrected chi connectivity index (χ1v) is 10.4. The highest BCUT2D eigenvalue weighted by atomic mass is 16.5. The maximum absolute atomic E-state index is 12.5. The lowest BCUT2D eigenvalue weighted by Gasteiger charge is -2.29. The average molecular weight is 377 g/mol. The summed E-state index contributed by atoms with van der Waals surface area (Å²) in [6.07, 6.45) is 1.82. The fraction of sp³-hybridized carbons (Fsp3) is 0.458. The molecule has 1 aliphatic carbocycles. The fourth-order valence-corrected chi connectivity index (χ4v) is 5.11. The van der Waals surface area contributed by atoms with E-state index in [9.17, 15) is 4.79 Å². The molecule has 2 atom stereocenters. The standard InChI is InChI=1S/C24H28N2O2/c27-23(14-19-4-2-1-3-5-19)17-25-16-21-15-24(21,18-25)20-6-8-22(9-7-20)26-10-12-28-13-11-26/h1-9,21H,10-18H2. The van der Waals surface area contributed by atoms with Gasteiger partial charge < -0.3 is 9.64 Å². The monoisotopic (exact) mass is 376 g/mol. The molecule has 146 valence electrons. The predicted octanol–water partition coefficient (Wildman–Crippen LogP) is 2.91. The molecule has 2 unspecified atom stereocenters. The lowest BCUT2D eigenvalue weighted by molar-refractivity contribution is -0.119. The van der Waals surface area contributed by atoms with Crippen LogP contribution in [-0.4, -0.2) is 56.6 Å². The van der Waals surface area contributed by atoms with Gasteiger partial charge in [0.2, 0.25) is 0 Å². The lowest BCUT2D eigenvalue weighted by Crippen LogP contribution is -2.36. The Morgan fingerprint density at radius 3 is 2.54 bits per heavy atom. The van der Waals surface area contributed by atoms with Crippen LogP contribution in [0.5, 0.6) is 0 Å². The molecule has 0 bridgehead atoms. The minimum atomic E-state index is 0.288. The van der Waals surface area contributed by atoms with E-state index in [1.807, 2.05) is 30.3 Å². The second kappa shape index (κ2) is 7.34. The number of carbonyl (C=O) groups excluding carboxylic acids is 1. The molecule has 4 nitrogen and oxygen atoms in total. The molecular formula is C24H28N2O2. The van der Waals surface area contributed by atoms with Crippen molar-refractivity contribution in [3.63, 3.8) is 0 Å². The Kier molecular flexibility index (Phi) is 4.69. The van der Waals surface area contributed by atoms with Gasteiger partial charge in [0.1, 0.15) is 0 Å². The molecule has 1 saturated carbocycles. The van der Waals surface area contributed by atoms with Gasteiger partial charge >= 0.3 is 0 Å². The van der Waals surface area contributed by atoms with Gasteiger partial charge in [-0.1, -0.05) is 42.5 Å². The van der Waals surface area contributed by atoms with E-state index < -0.39 is 0 Å². The highest BCUT2D eigenvalue weighted by Crippen LogP contribution is 2.59. The van der Waals surface area contributed by atoms with Gasteiger partial charge in [-0.15, -0.1) is 0 Å². The molecule has 0 radical (unpaired) electrons. The Bertz CT molecular complexity index is 829. The number of rotatable bonds is 6. The number of carbonyl (C=O) groups is 1. The summed E-state index contributed by atoms with van der Waals surface area (Å²) in [7, 11) is 0. The van der Waals surface area contributed by atoms with Crippen LogP contribution >= 0.6 is 0 Å². The van der Waals surface area contributed by atoms with E-state index in [1.54, 1.807) is 0 Å². The minimum Gasteiger partial charge on any atom is -0.378 e. The number of fused-ring (bicyclic) bond motifs is 1. The zero-order valence-electron chi connectivity index (χ0n) is 16.3. The summed E-state index contributed by atoms with van der Waals surface area (Å²) in [4.78, 5) is 17.3. The van der Waals surface area contributed by atoms with Crippen LogP contribution in [0.1, 0.15) is 17.5 Å². The van der Waals surface area contributed by atoms with Crippen molar-refractivity contribution in [3.05, 3.63) is 65.7 Å². The number of ketones is 1.